The zero-order valence-corrected chi connectivity index (χ0v) is 16.2. The number of thioether (sulfide) groups is 1. The lowest BCUT2D eigenvalue weighted by Gasteiger charge is -2.22. The fourth-order valence-corrected chi connectivity index (χ4v) is 5.02. The Labute approximate surface area is 168 Å². The molecule has 0 spiro atoms. The summed E-state index contributed by atoms with van der Waals surface area (Å²) in [6, 6.07) is 8.52. The van der Waals surface area contributed by atoms with Crippen LogP contribution in [0.3, 0.4) is 0 Å². The van der Waals surface area contributed by atoms with Gasteiger partial charge in [0.05, 0.1) is 24.2 Å². The van der Waals surface area contributed by atoms with E-state index in [1.165, 1.54) is 16.0 Å². The fourth-order valence-electron chi connectivity index (χ4n) is 3.73. The maximum Gasteiger partial charge on any atom is 0.230 e. The first-order chi connectivity index (χ1) is 13.8. The highest BCUT2D eigenvalue weighted by Crippen LogP contribution is 2.42. The number of nitrogens with zero attached hydrogens (tertiary/aromatic N) is 2. The van der Waals surface area contributed by atoms with Crippen LogP contribution < -0.4 is 11.1 Å². The van der Waals surface area contributed by atoms with Crippen molar-refractivity contribution < 1.29 is 9.47 Å². The maximum absolute atomic E-state index is 5.79. The Morgan fingerprint density at radius 2 is 2.25 bits per heavy atom. The molecule has 6 nitrogen and oxygen atoms in total. The molecule has 7 heteroatoms. The molecule has 28 heavy (non-hydrogen) atoms. The second-order valence-electron chi connectivity index (χ2n) is 7.08. The molecule has 144 valence electrons. The molecule has 0 fully saturated rings. The second-order valence-corrected chi connectivity index (χ2v) is 8.27. The summed E-state index contributed by atoms with van der Waals surface area (Å²) in [4.78, 5) is 10.7. The lowest BCUT2D eigenvalue weighted by atomic mass is 10.0. The maximum atomic E-state index is 5.79. The first-order valence-electron chi connectivity index (χ1n) is 9.49. The van der Waals surface area contributed by atoms with Gasteiger partial charge >= 0.3 is 0 Å². The van der Waals surface area contributed by atoms with Crippen LogP contribution in [0.4, 0.5) is 0 Å². The van der Waals surface area contributed by atoms with Gasteiger partial charge in [-0.15, -0.1) is 11.8 Å². The number of rotatable bonds is 4. The molecule has 3 heterocycles. The fraction of sp³-hybridized carbons (Fsp3) is 0.333. The summed E-state index contributed by atoms with van der Waals surface area (Å²) in [5.74, 6) is 2.83. The molecular weight excluding hydrogens is 372 g/mol. The van der Waals surface area contributed by atoms with Crippen molar-refractivity contribution in [3.05, 3.63) is 64.6 Å². The molecule has 0 amide bonds. The van der Waals surface area contributed by atoms with Gasteiger partial charge in [0, 0.05) is 17.9 Å². The number of nitrogens with two attached hydrogens (primary N) is 1. The molecule has 0 bridgehead atoms. The molecular formula is C21H22N4O2S. The van der Waals surface area contributed by atoms with E-state index in [2.05, 4.69) is 46.7 Å². The Hall–Kier alpha value is -2.51. The van der Waals surface area contributed by atoms with Crippen LogP contribution in [0.5, 0.6) is 0 Å². The molecule has 0 radical (unpaired) electrons. The molecule has 5 rings (SSSR count). The van der Waals surface area contributed by atoms with E-state index < -0.39 is 0 Å². The number of aliphatic imine (C=N–C) groups is 2. The van der Waals surface area contributed by atoms with Crippen molar-refractivity contribution in [1.29, 1.82) is 0 Å². The minimum Gasteiger partial charge on any atom is -0.458 e. The third-order valence-electron chi connectivity index (χ3n) is 5.25. The monoisotopic (exact) mass is 394 g/mol. The molecule has 2 atom stereocenters. The van der Waals surface area contributed by atoms with Crippen LogP contribution in [0.25, 0.3) is 4.91 Å². The number of nitrogens with one attached hydrogen (secondary N) is 1. The third kappa shape index (κ3) is 3.36. The number of fused-ring (bicyclic) bond motifs is 1. The van der Waals surface area contributed by atoms with Crippen LogP contribution in [-0.4, -0.2) is 36.8 Å². The van der Waals surface area contributed by atoms with Gasteiger partial charge in [0.1, 0.15) is 11.6 Å². The molecule has 1 aliphatic carbocycles. The molecule has 3 N–H and O–H groups in total. The minimum absolute atomic E-state index is 0.114. The van der Waals surface area contributed by atoms with E-state index in [0.717, 1.165) is 35.8 Å². The Morgan fingerprint density at radius 1 is 1.29 bits per heavy atom. The summed E-state index contributed by atoms with van der Waals surface area (Å²) in [5.41, 5.74) is 9.40. The molecule has 0 saturated carbocycles. The summed E-state index contributed by atoms with van der Waals surface area (Å²) in [6.45, 7) is 1.55. The average Bonchev–Trinajstić information content (AvgIpc) is 3.39. The van der Waals surface area contributed by atoms with Gasteiger partial charge in [0.2, 0.25) is 6.79 Å². The van der Waals surface area contributed by atoms with Crippen molar-refractivity contribution in [3.8, 4) is 0 Å². The summed E-state index contributed by atoms with van der Waals surface area (Å²) in [5, 5.41) is 3.45. The van der Waals surface area contributed by atoms with Crippen molar-refractivity contribution in [3.63, 3.8) is 0 Å². The van der Waals surface area contributed by atoms with Crippen molar-refractivity contribution in [2.75, 3.05) is 13.3 Å². The predicted octanol–water partition coefficient (Wildman–Crippen LogP) is 2.94. The number of hydrogen-bond acceptors (Lipinski definition) is 6. The molecule has 3 aliphatic heterocycles. The van der Waals surface area contributed by atoms with E-state index in [0.29, 0.717) is 19.9 Å². The smallest absolute Gasteiger partial charge is 0.230 e. The van der Waals surface area contributed by atoms with E-state index in [1.807, 2.05) is 11.8 Å². The van der Waals surface area contributed by atoms with Gasteiger partial charge in [-0.2, -0.15) is 0 Å². The van der Waals surface area contributed by atoms with Gasteiger partial charge in [-0.05, 0) is 41.3 Å². The third-order valence-corrected chi connectivity index (χ3v) is 6.63. The SMILES string of the molecule is NCc1cccc(C2=CC3N=CNC(=NCC4=CC5=C(CC4)OCO5)C3S2)c1. The van der Waals surface area contributed by atoms with Gasteiger partial charge in [0.15, 0.2) is 5.76 Å². The zero-order chi connectivity index (χ0) is 18.9. The van der Waals surface area contributed by atoms with Crippen LogP contribution >= 0.6 is 11.8 Å². The molecule has 1 aromatic carbocycles. The molecule has 0 saturated heterocycles. The largest absolute Gasteiger partial charge is 0.458 e. The summed E-state index contributed by atoms with van der Waals surface area (Å²) in [6.07, 6.45) is 7.93. The van der Waals surface area contributed by atoms with Gasteiger partial charge in [0.25, 0.3) is 0 Å². The number of hydrogen-bond donors (Lipinski definition) is 2. The molecule has 0 aromatic heterocycles. The highest BCUT2D eigenvalue weighted by atomic mass is 32.2. The Balaban J connectivity index is 1.32. The Morgan fingerprint density at radius 3 is 3.18 bits per heavy atom. The zero-order valence-electron chi connectivity index (χ0n) is 15.4. The molecule has 2 unspecified atom stereocenters. The van der Waals surface area contributed by atoms with Crippen LogP contribution in [-0.2, 0) is 16.0 Å². The lowest BCUT2D eigenvalue weighted by molar-refractivity contribution is 0.0729. The van der Waals surface area contributed by atoms with E-state index >= 15 is 0 Å². The first-order valence-corrected chi connectivity index (χ1v) is 10.4. The van der Waals surface area contributed by atoms with E-state index in [1.54, 1.807) is 6.34 Å². The van der Waals surface area contributed by atoms with Gasteiger partial charge in [-0.1, -0.05) is 18.2 Å². The summed E-state index contributed by atoms with van der Waals surface area (Å²) >= 11 is 1.82. The predicted molar refractivity (Wildman–Crippen MR) is 113 cm³/mol. The van der Waals surface area contributed by atoms with E-state index in [-0.39, 0.29) is 11.3 Å². The van der Waals surface area contributed by atoms with Gasteiger partial charge in [-0.25, -0.2) is 0 Å². The number of amidine groups is 1. The van der Waals surface area contributed by atoms with Crippen molar-refractivity contribution in [1.82, 2.24) is 5.32 Å². The quantitative estimate of drug-likeness (QED) is 0.821. The average molecular weight is 395 g/mol. The van der Waals surface area contributed by atoms with Gasteiger partial charge in [-0.3, -0.25) is 9.98 Å². The van der Waals surface area contributed by atoms with Crippen molar-refractivity contribution in [2.45, 2.75) is 30.7 Å². The van der Waals surface area contributed by atoms with Crippen molar-refractivity contribution >= 4 is 28.8 Å². The summed E-state index contributed by atoms with van der Waals surface area (Å²) in [7, 11) is 0. The van der Waals surface area contributed by atoms with E-state index in [9.17, 15) is 0 Å². The van der Waals surface area contributed by atoms with Crippen LogP contribution in [0, 0.1) is 0 Å². The number of benzene rings is 1. The van der Waals surface area contributed by atoms with E-state index in [4.69, 9.17) is 20.2 Å². The highest BCUT2D eigenvalue weighted by molar-refractivity contribution is 8.09. The molecule has 4 aliphatic rings. The Kier molecular flexibility index (Phi) is 4.70. The summed E-state index contributed by atoms with van der Waals surface area (Å²) < 4.78 is 11.0. The minimum atomic E-state index is 0.114. The first kappa shape index (κ1) is 17.6. The normalized spacial score (nSPS) is 26.8. The van der Waals surface area contributed by atoms with Crippen LogP contribution in [0.1, 0.15) is 24.0 Å². The topological polar surface area (TPSA) is 81.2 Å². The number of allylic oxidation sites excluding steroid dienone is 2. The second kappa shape index (κ2) is 7.48. The van der Waals surface area contributed by atoms with Crippen molar-refractivity contribution in [2.24, 2.45) is 15.7 Å². The Bertz CT molecular complexity index is 947. The van der Waals surface area contributed by atoms with Gasteiger partial charge < -0.3 is 20.5 Å². The molecule has 1 aromatic rings. The standard InChI is InChI=1S/C21H22N4O2S/c22-9-13-2-1-3-15(6-13)19-8-16-20(28-19)21(25-11-24-16)23-10-14-4-5-17-18(7-14)27-12-26-17/h1-3,6-8,11,16,20H,4-5,9-10,12,22H2,(H,23,24,25). The van der Waals surface area contributed by atoms with Crippen LogP contribution in [0.15, 0.2) is 63.5 Å². The lowest BCUT2D eigenvalue weighted by Crippen LogP contribution is -2.41. The highest BCUT2D eigenvalue weighted by Gasteiger charge is 2.34. The van der Waals surface area contributed by atoms with Crippen LogP contribution in [0.2, 0.25) is 0 Å². The number of ether oxygens (including phenoxy) is 2.